The van der Waals surface area contributed by atoms with Crippen LogP contribution in [0.4, 0.5) is 19.0 Å². The summed E-state index contributed by atoms with van der Waals surface area (Å²) in [5.74, 6) is -0.799. The molecule has 3 aromatic rings. The van der Waals surface area contributed by atoms with E-state index in [4.69, 9.17) is 4.74 Å². The van der Waals surface area contributed by atoms with E-state index in [1.165, 1.54) is 18.2 Å². The molecule has 1 aliphatic rings. The molecule has 9 heteroatoms. The van der Waals surface area contributed by atoms with Gasteiger partial charge in [0.25, 0.3) is 0 Å². The number of hydrogen-bond donors (Lipinski definition) is 2. The Bertz CT molecular complexity index is 1100. The van der Waals surface area contributed by atoms with Gasteiger partial charge in [0, 0.05) is 23.9 Å². The van der Waals surface area contributed by atoms with E-state index in [0.717, 1.165) is 11.1 Å². The van der Waals surface area contributed by atoms with Gasteiger partial charge < -0.3 is 19.9 Å². The molecule has 4 rings (SSSR count). The number of aliphatic carboxylic acids is 1. The summed E-state index contributed by atoms with van der Waals surface area (Å²) in [7, 11) is 0. The Morgan fingerprint density at radius 2 is 1.97 bits per heavy atom. The fourth-order valence-electron chi connectivity index (χ4n) is 3.31. The van der Waals surface area contributed by atoms with Crippen LogP contribution in [-0.2, 0) is 11.3 Å². The van der Waals surface area contributed by atoms with Crippen molar-refractivity contribution in [1.29, 1.82) is 0 Å². The van der Waals surface area contributed by atoms with Gasteiger partial charge in [-0.15, -0.1) is 13.2 Å². The highest BCUT2D eigenvalue weighted by Crippen LogP contribution is 2.37. The molecule has 0 aliphatic carbocycles. The number of nitrogens with zero attached hydrogens (tertiary/aromatic N) is 1. The van der Waals surface area contributed by atoms with Crippen LogP contribution in [0, 0.1) is 0 Å². The summed E-state index contributed by atoms with van der Waals surface area (Å²) in [6, 6.07) is 14.6. The average molecular weight is 430 g/mol. The molecule has 6 nitrogen and oxygen atoms in total. The van der Waals surface area contributed by atoms with Crippen LogP contribution in [0.3, 0.4) is 0 Å². The topological polar surface area (TPSA) is 80.7 Å². The molecule has 0 spiro atoms. The Labute approximate surface area is 175 Å². The Morgan fingerprint density at radius 1 is 1.16 bits per heavy atom. The van der Waals surface area contributed by atoms with E-state index < -0.39 is 18.2 Å². The second-order valence-electron chi connectivity index (χ2n) is 6.94. The van der Waals surface area contributed by atoms with Gasteiger partial charge in [-0.3, -0.25) is 4.79 Å². The molecule has 0 fully saturated rings. The van der Waals surface area contributed by atoms with E-state index in [-0.39, 0.29) is 18.9 Å². The molecule has 0 saturated heterocycles. The molecule has 0 saturated carbocycles. The first-order chi connectivity index (χ1) is 14.8. The van der Waals surface area contributed by atoms with Crippen molar-refractivity contribution in [2.24, 2.45) is 0 Å². The third-order valence-electron chi connectivity index (χ3n) is 4.79. The monoisotopic (exact) mass is 430 g/mol. The van der Waals surface area contributed by atoms with Crippen LogP contribution in [0.5, 0.6) is 11.5 Å². The number of hydrogen-bond acceptors (Lipinski definition) is 5. The number of nitrogens with one attached hydrogen (secondary N) is 1. The molecule has 0 radical (unpaired) electrons. The molecule has 1 aromatic heterocycles. The zero-order valence-corrected chi connectivity index (χ0v) is 16.0. The standard InChI is InChI=1S/C22H17F3N2O4/c23-22(24,25)31-16-3-1-2-13(8-16)10-26-20-7-5-15(11-27-20)14-4-6-19-17(9-14)18(12-30-19)21(28)29/h1-9,11,18H,10,12H2,(H,26,27)(H,28,29). The number of ether oxygens (including phenoxy) is 2. The number of halogens is 3. The minimum atomic E-state index is -4.74. The second kappa shape index (κ2) is 8.17. The first-order valence-corrected chi connectivity index (χ1v) is 9.33. The van der Waals surface area contributed by atoms with Crippen LogP contribution in [0.2, 0.25) is 0 Å². The minimum Gasteiger partial charge on any atom is -0.492 e. The van der Waals surface area contributed by atoms with Crippen molar-refractivity contribution in [3.63, 3.8) is 0 Å². The molecule has 1 unspecified atom stereocenters. The van der Waals surface area contributed by atoms with E-state index in [1.54, 1.807) is 30.5 Å². The number of carboxylic acids is 1. The van der Waals surface area contributed by atoms with Crippen molar-refractivity contribution >= 4 is 11.8 Å². The normalized spacial score (nSPS) is 15.1. The fourth-order valence-corrected chi connectivity index (χ4v) is 3.31. The van der Waals surface area contributed by atoms with Crippen molar-refractivity contribution < 1.29 is 32.5 Å². The zero-order chi connectivity index (χ0) is 22.0. The molecular formula is C22H17F3N2O4. The summed E-state index contributed by atoms with van der Waals surface area (Å²) in [5.41, 5.74) is 2.84. The lowest BCUT2D eigenvalue weighted by Gasteiger charge is -2.11. The highest BCUT2D eigenvalue weighted by molar-refractivity contribution is 5.80. The first kappa shape index (κ1) is 20.5. The number of anilines is 1. The Kier molecular flexibility index (Phi) is 5.41. The van der Waals surface area contributed by atoms with Gasteiger partial charge in [-0.1, -0.05) is 18.2 Å². The number of benzene rings is 2. The van der Waals surface area contributed by atoms with Gasteiger partial charge in [0.15, 0.2) is 0 Å². The van der Waals surface area contributed by atoms with Gasteiger partial charge in [-0.05, 0) is 47.5 Å². The lowest BCUT2D eigenvalue weighted by atomic mass is 9.97. The molecular weight excluding hydrogens is 413 g/mol. The van der Waals surface area contributed by atoms with Gasteiger partial charge in [0.2, 0.25) is 0 Å². The van der Waals surface area contributed by atoms with Gasteiger partial charge in [0.05, 0.1) is 0 Å². The lowest BCUT2D eigenvalue weighted by molar-refractivity contribution is -0.274. The molecule has 2 aromatic carbocycles. The van der Waals surface area contributed by atoms with Crippen molar-refractivity contribution in [1.82, 2.24) is 4.98 Å². The Hall–Kier alpha value is -3.75. The molecule has 0 amide bonds. The van der Waals surface area contributed by atoms with Crippen LogP contribution in [0.25, 0.3) is 11.1 Å². The van der Waals surface area contributed by atoms with E-state index in [1.807, 2.05) is 12.1 Å². The summed E-state index contributed by atoms with van der Waals surface area (Å²) in [6.07, 6.45) is -3.10. The summed E-state index contributed by atoms with van der Waals surface area (Å²) in [6.45, 7) is 0.377. The highest BCUT2D eigenvalue weighted by atomic mass is 19.4. The second-order valence-corrected chi connectivity index (χ2v) is 6.94. The van der Waals surface area contributed by atoms with Crippen LogP contribution < -0.4 is 14.8 Å². The lowest BCUT2D eigenvalue weighted by Crippen LogP contribution is -2.17. The molecule has 1 atom stereocenters. The maximum absolute atomic E-state index is 12.4. The van der Waals surface area contributed by atoms with Crippen molar-refractivity contribution in [2.75, 3.05) is 11.9 Å². The van der Waals surface area contributed by atoms with E-state index in [9.17, 15) is 23.1 Å². The fraction of sp³-hybridized carbons (Fsp3) is 0.182. The summed E-state index contributed by atoms with van der Waals surface area (Å²) in [4.78, 5) is 15.7. The quantitative estimate of drug-likeness (QED) is 0.584. The highest BCUT2D eigenvalue weighted by Gasteiger charge is 2.31. The van der Waals surface area contributed by atoms with E-state index in [2.05, 4.69) is 15.0 Å². The van der Waals surface area contributed by atoms with Crippen molar-refractivity contribution in [3.05, 3.63) is 71.9 Å². The smallest absolute Gasteiger partial charge is 0.492 e. The summed E-state index contributed by atoms with van der Waals surface area (Å²) in [5, 5.41) is 12.4. The number of fused-ring (bicyclic) bond motifs is 1. The van der Waals surface area contributed by atoms with Crippen molar-refractivity contribution in [2.45, 2.75) is 18.8 Å². The summed E-state index contributed by atoms with van der Waals surface area (Å²) >= 11 is 0. The number of rotatable bonds is 6. The molecule has 160 valence electrons. The number of pyridine rings is 1. The predicted molar refractivity (Wildman–Crippen MR) is 106 cm³/mol. The number of alkyl halides is 3. The SMILES string of the molecule is O=C(O)C1COc2ccc(-c3ccc(NCc4cccc(OC(F)(F)F)c4)nc3)cc21. The van der Waals surface area contributed by atoms with Gasteiger partial charge in [-0.25, -0.2) is 4.98 Å². The third kappa shape index (κ3) is 4.88. The van der Waals surface area contributed by atoms with Gasteiger partial charge in [-0.2, -0.15) is 0 Å². The zero-order valence-electron chi connectivity index (χ0n) is 16.0. The molecule has 2 heterocycles. The Balaban J connectivity index is 1.43. The maximum atomic E-state index is 12.4. The average Bonchev–Trinajstić information content (AvgIpc) is 3.15. The van der Waals surface area contributed by atoms with Gasteiger partial charge in [0.1, 0.15) is 29.8 Å². The predicted octanol–water partition coefficient (Wildman–Crippen LogP) is 4.82. The largest absolute Gasteiger partial charge is 0.573 e. The number of carboxylic acid groups (broad SMARTS) is 1. The van der Waals surface area contributed by atoms with Crippen LogP contribution in [-0.4, -0.2) is 29.0 Å². The van der Waals surface area contributed by atoms with Crippen LogP contribution in [0.1, 0.15) is 17.0 Å². The Morgan fingerprint density at radius 3 is 2.68 bits per heavy atom. The summed E-state index contributed by atoms with van der Waals surface area (Å²) < 4.78 is 46.4. The maximum Gasteiger partial charge on any atom is 0.573 e. The van der Waals surface area contributed by atoms with Crippen LogP contribution >= 0.6 is 0 Å². The van der Waals surface area contributed by atoms with E-state index >= 15 is 0 Å². The molecule has 0 bridgehead atoms. The molecule has 2 N–H and O–H groups in total. The van der Waals surface area contributed by atoms with Crippen molar-refractivity contribution in [3.8, 4) is 22.6 Å². The molecule has 31 heavy (non-hydrogen) atoms. The minimum absolute atomic E-state index is 0.116. The van der Waals surface area contributed by atoms with E-state index in [0.29, 0.717) is 22.7 Å². The number of carbonyl (C=O) groups is 1. The van der Waals surface area contributed by atoms with Gasteiger partial charge >= 0.3 is 12.3 Å². The third-order valence-corrected chi connectivity index (χ3v) is 4.79. The number of aromatic nitrogens is 1. The van der Waals surface area contributed by atoms with Crippen LogP contribution in [0.15, 0.2) is 60.8 Å². The molecule has 1 aliphatic heterocycles. The first-order valence-electron chi connectivity index (χ1n) is 9.33.